The number of fused-ring (bicyclic) bond motifs is 1. The van der Waals surface area contributed by atoms with Gasteiger partial charge in [-0.2, -0.15) is 0 Å². The van der Waals surface area contributed by atoms with Crippen LogP contribution in [0.4, 0.5) is 0 Å². The quantitative estimate of drug-likeness (QED) is 0.803. The zero-order valence-corrected chi connectivity index (χ0v) is 12.7. The average molecular weight is 305 g/mol. The molecule has 1 unspecified atom stereocenters. The molecule has 0 saturated heterocycles. The maximum Gasteiger partial charge on any atom is 0.325 e. The molecule has 0 spiro atoms. The Labute approximate surface area is 128 Å². The van der Waals surface area contributed by atoms with Crippen LogP contribution in [0.1, 0.15) is 31.0 Å². The van der Waals surface area contributed by atoms with Crippen LogP contribution in [-0.2, 0) is 25.7 Å². The second-order valence-corrected chi connectivity index (χ2v) is 5.02. The number of carbonyl (C=O) groups is 3. The Morgan fingerprint density at radius 1 is 1.45 bits per heavy atom. The fourth-order valence-electron chi connectivity index (χ4n) is 2.42. The van der Waals surface area contributed by atoms with E-state index in [-0.39, 0.29) is 31.5 Å². The van der Waals surface area contributed by atoms with Crippen molar-refractivity contribution in [3.8, 4) is 0 Å². The number of ether oxygens (including phenoxy) is 1. The second kappa shape index (κ2) is 7.02. The molecular formula is C15H19N3O4. The number of aromatic nitrogens is 1. The van der Waals surface area contributed by atoms with Crippen molar-refractivity contribution in [2.24, 2.45) is 0 Å². The highest BCUT2D eigenvalue weighted by Gasteiger charge is 2.32. The molecule has 0 aliphatic carbocycles. The second-order valence-electron chi connectivity index (χ2n) is 5.02. The van der Waals surface area contributed by atoms with Gasteiger partial charge in [0, 0.05) is 26.2 Å². The number of hydrogen-bond acceptors (Lipinski definition) is 5. The monoisotopic (exact) mass is 305 g/mol. The minimum atomic E-state index is -0.580. The maximum absolute atomic E-state index is 12.3. The third kappa shape index (κ3) is 3.60. The molecule has 2 amide bonds. The van der Waals surface area contributed by atoms with E-state index in [1.165, 1.54) is 6.92 Å². The first-order chi connectivity index (χ1) is 10.5. The third-order valence-electron chi connectivity index (χ3n) is 3.49. The summed E-state index contributed by atoms with van der Waals surface area (Å²) >= 11 is 0. The number of carbonyl (C=O) groups excluding carboxylic acids is 3. The molecule has 2 rings (SSSR count). The van der Waals surface area contributed by atoms with Crippen LogP contribution in [0.3, 0.4) is 0 Å². The molecule has 7 nitrogen and oxygen atoms in total. The summed E-state index contributed by atoms with van der Waals surface area (Å²) in [5.74, 6) is -1.50. The van der Waals surface area contributed by atoms with E-state index in [9.17, 15) is 14.4 Å². The highest BCUT2D eigenvalue weighted by Crippen LogP contribution is 2.26. The number of pyridine rings is 1. The van der Waals surface area contributed by atoms with Crippen molar-refractivity contribution in [2.75, 3.05) is 19.7 Å². The summed E-state index contributed by atoms with van der Waals surface area (Å²) in [4.78, 5) is 41.2. The van der Waals surface area contributed by atoms with Crippen LogP contribution in [0.5, 0.6) is 0 Å². The third-order valence-corrected chi connectivity index (χ3v) is 3.49. The molecule has 0 bridgehead atoms. The first kappa shape index (κ1) is 15.9. The summed E-state index contributed by atoms with van der Waals surface area (Å²) < 4.78 is 4.77. The lowest BCUT2D eigenvalue weighted by atomic mass is 9.94. The van der Waals surface area contributed by atoms with Crippen LogP contribution in [0.25, 0.3) is 0 Å². The van der Waals surface area contributed by atoms with Gasteiger partial charge >= 0.3 is 5.97 Å². The van der Waals surface area contributed by atoms with E-state index in [4.69, 9.17) is 4.74 Å². The van der Waals surface area contributed by atoms with Crippen molar-refractivity contribution >= 4 is 17.8 Å². The van der Waals surface area contributed by atoms with Gasteiger partial charge in [-0.3, -0.25) is 19.4 Å². The molecule has 1 aromatic rings. The normalized spacial score (nSPS) is 16.6. The molecule has 0 saturated carbocycles. The van der Waals surface area contributed by atoms with E-state index in [0.717, 1.165) is 5.56 Å². The first-order valence-electron chi connectivity index (χ1n) is 7.15. The van der Waals surface area contributed by atoms with Gasteiger partial charge in [0.15, 0.2) is 0 Å². The van der Waals surface area contributed by atoms with E-state index in [1.54, 1.807) is 24.1 Å². The van der Waals surface area contributed by atoms with E-state index < -0.39 is 11.9 Å². The Hall–Kier alpha value is -2.44. The van der Waals surface area contributed by atoms with E-state index in [1.807, 2.05) is 6.07 Å². The maximum atomic E-state index is 12.3. The molecule has 22 heavy (non-hydrogen) atoms. The van der Waals surface area contributed by atoms with Gasteiger partial charge in [0.2, 0.25) is 11.8 Å². The molecule has 2 heterocycles. The molecule has 1 aliphatic heterocycles. The van der Waals surface area contributed by atoms with Crippen molar-refractivity contribution in [3.05, 3.63) is 29.6 Å². The molecule has 1 atom stereocenters. The van der Waals surface area contributed by atoms with E-state index in [0.29, 0.717) is 12.2 Å². The topological polar surface area (TPSA) is 88.6 Å². The summed E-state index contributed by atoms with van der Waals surface area (Å²) in [6, 6.07) is 3.62. The number of hydrogen-bond donors (Lipinski definition) is 1. The Kier molecular flexibility index (Phi) is 5.08. The van der Waals surface area contributed by atoms with Crippen molar-refractivity contribution < 1.29 is 19.1 Å². The van der Waals surface area contributed by atoms with Gasteiger partial charge in [0.05, 0.1) is 18.2 Å². The van der Waals surface area contributed by atoms with Gasteiger partial charge in [-0.05, 0) is 18.6 Å². The smallest absolute Gasteiger partial charge is 0.325 e. The Morgan fingerprint density at radius 2 is 2.23 bits per heavy atom. The van der Waals surface area contributed by atoms with Crippen LogP contribution in [0.15, 0.2) is 18.3 Å². The van der Waals surface area contributed by atoms with Gasteiger partial charge in [-0.25, -0.2) is 0 Å². The summed E-state index contributed by atoms with van der Waals surface area (Å²) in [5, 5.41) is 2.55. The molecule has 1 N–H and O–H groups in total. The van der Waals surface area contributed by atoms with Gasteiger partial charge in [-0.15, -0.1) is 0 Å². The standard InChI is InChI=1S/C15H19N3O4/c1-3-22-13(20)7-17-15(21)12-9-18(10(2)19)8-11-5-4-6-16-14(11)12/h4-6,12H,3,7-9H2,1-2H3,(H,17,21). The summed E-state index contributed by atoms with van der Waals surface area (Å²) in [6.45, 7) is 3.95. The largest absolute Gasteiger partial charge is 0.465 e. The predicted molar refractivity (Wildman–Crippen MR) is 77.7 cm³/mol. The molecule has 7 heteroatoms. The fraction of sp³-hybridized carbons (Fsp3) is 0.467. The molecule has 0 aromatic carbocycles. The highest BCUT2D eigenvalue weighted by atomic mass is 16.5. The average Bonchev–Trinajstić information content (AvgIpc) is 2.51. The molecule has 118 valence electrons. The lowest BCUT2D eigenvalue weighted by Crippen LogP contribution is -2.44. The van der Waals surface area contributed by atoms with E-state index in [2.05, 4.69) is 10.3 Å². The van der Waals surface area contributed by atoms with Crippen molar-refractivity contribution in [3.63, 3.8) is 0 Å². The zero-order chi connectivity index (χ0) is 16.1. The predicted octanol–water partition coefficient (Wildman–Crippen LogP) is 0.207. The number of rotatable bonds is 4. The molecule has 0 radical (unpaired) electrons. The summed E-state index contributed by atoms with van der Waals surface area (Å²) in [6.07, 6.45) is 1.62. The summed E-state index contributed by atoms with van der Waals surface area (Å²) in [7, 11) is 0. The minimum Gasteiger partial charge on any atom is -0.465 e. The Balaban J connectivity index is 2.12. The van der Waals surface area contributed by atoms with Crippen molar-refractivity contribution in [1.82, 2.24) is 15.2 Å². The Bertz CT molecular complexity index is 588. The number of nitrogens with one attached hydrogen (secondary N) is 1. The number of esters is 1. The van der Waals surface area contributed by atoms with Crippen molar-refractivity contribution in [2.45, 2.75) is 26.3 Å². The number of nitrogens with zero attached hydrogens (tertiary/aromatic N) is 2. The van der Waals surface area contributed by atoms with Crippen LogP contribution in [0, 0.1) is 0 Å². The van der Waals surface area contributed by atoms with Crippen LogP contribution in [-0.4, -0.2) is 47.4 Å². The van der Waals surface area contributed by atoms with Gasteiger partial charge in [0.25, 0.3) is 0 Å². The fourth-order valence-corrected chi connectivity index (χ4v) is 2.42. The van der Waals surface area contributed by atoms with Crippen LogP contribution < -0.4 is 5.32 Å². The minimum absolute atomic E-state index is 0.0994. The molecule has 1 aliphatic rings. The molecule has 1 aromatic heterocycles. The van der Waals surface area contributed by atoms with Crippen LogP contribution >= 0.6 is 0 Å². The zero-order valence-electron chi connectivity index (χ0n) is 12.7. The highest BCUT2D eigenvalue weighted by molar-refractivity contribution is 5.88. The Morgan fingerprint density at radius 3 is 2.91 bits per heavy atom. The van der Waals surface area contributed by atoms with Gasteiger partial charge < -0.3 is 15.0 Å². The summed E-state index contributed by atoms with van der Waals surface area (Å²) in [5.41, 5.74) is 1.50. The first-order valence-corrected chi connectivity index (χ1v) is 7.15. The van der Waals surface area contributed by atoms with E-state index >= 15 is 0 Å². The van der Waals surface area contributed by atoms with Gasteiger partial charge in [-0.1, -0.05) is 6.07 Å². The van der Waals surface area contributed by atoms with Crippen molar-refractivity contribution in [1.29, 1.82) is 0 Å². The van der Waals surface area contributed by atoms with Gasteiger partial charge in [0.1, 0.15) is 6.54 Å². The lowest BCUT2D eigenvalue weighted by molar-refractivity contribution is -0.144. The van der Waals surface area contributed by atoms with Crippen LogP contribution in [0.2, 0.25) is 0 Å². The lowest BCUT2D eigenvalue weighted by Gasteiger charge is -2.32. The molecule has 0 fully saturated rings. The molecular weight excluding hydrogens is 286 g/mol. The SMILES string of the molecule is CCOC(=O)CNC(=O)C1CN(C(C)=O)Cc2cccnc21. The number of amides is 2.